The van der Waals surface area contributed by atoms with Crippen molar-refractivity contribution in [3.05, 3.63) is 23.0 Å². The zero-order valence-electron chi connectivity index (χ0n) is 10.4. The topological polar surface area (TPSA) is 25.8 Å². The number of fused-ring (bicyclic) bond motifs is 1. The third-order valence-electron chi connectivity index (χ3n) is 2.68. The van der Waals surface area contributed by atoms with Crippen LogP contribution in [0, 0.1) is 12.8 Å². The van der Waals surface area contributed by atoms with Crippen molar-refractivity contribution in [3.8, 4) is 0 Å². The summed E-state index contributed by atoms with van der Waals surface area (Å²) in [4.78, 5) is 11.7. The van der Waals surface area contributed by atoms with Gasteiger partial charge in [-0.3, -0.25) is 0 Å². The van der Waals surface area contributed by atoms with Crippen LogP contribution in [0.4, 0.5) is 0 Å². The second-order valence-electron chi connectivity index (χ2n) is 4.83. The van der Waals surface area contributed by atoms with Crippen LogP contribution < -0.4 is 0 Å². The van der Waals surface area contributed by atoms with E-state index in [0.29, 0.717) is 10.7 Å². The average molecular weight is 313 g/mol. The van der Waals surface area contributed by atoms with E-state index in [0.717, 1.165) is 11.3 Å². The van der Waals surface area contributed by atoms with Crippen molar-refractivity contribution in [2.45, 2.75) is 38.4 Å². The number of halogens is 1. The summed E-state index contributed by atoms with van der Waals surface area (Å²) in [5.74, 6) is 0.709. The van der Waals surface area contributed by atoms with Crippen LogP contribution in [0.15, 0.2) is 12.4 Å². The summed E-state index contributed by atoms with van der Waals surface area (Å²) in [6.07, 6.45) is 3.84. The first-order valence-electron chi connectivity index (χ1n) is 5.90. The lowest BCUT2D eigenvalue weighted by Crippen LogP contribution is -2.08. The molecule has 92 valence electrons. The first-order chi connectivity index (χ1) is 8.06. The molecule has 0 amide bonds. The van der Waals surface area contributed by atoms with Crippen LogP contribution in [0.5, 0.6) is 0 Å². The number of rotatable bonds is 4. The smallest absolute Gasteiger partial charge is 0.127 e. The number of hydrogen-bond acceptors (Lipinski definition) is 3. The van der Waals surface area contributed by atoms with Crippen LogP contribution in [0.2, 0.25) is 0 Å². The van der Waals surface area contributed by atoms with Gasteiger partial charge in [-0.05, 0) is 25.3 Å². The van der Waals surface area contributed by atoms with Gasteiger partial charge in [0.15, 0.2) is 0 Å². The maximum atomic E-state index is 4.43. The second kappa shape index (κ2) is 5.44. The molecule has 2 nitrogen and oxygen atoms in total. The molecule has 17 heavy (non-hydrogen) atoms. The Morgan fingerprint density at radius 2 is 2.12 bits per heavy atom. The van der Waals surface area contributed by atoms with Crippen LogP contribution in [-0.2, 0) is 6.42 Å². The van der Waals surface area contributed by atoms with Gasteiger partial charge in [0.1, 0.15) is 11.2 Å². The summed E-state index contributed by atoms with van der Waals surface area (Å²) in [6, 6.07) is 2.20. The standard InChI is InChI=1S/C13H17BrN2S/c1-8(2)4-10(14)6-12-11-5-9(3)17-13(11)16-7-15-12/h5,7-8,10H,4,6H2,1-3H3. The molecule has 0 bridgehead atoms. The van der Waals surface area contributed by atoms with E-state index >= 15 is 0 Å². The van der Waals surface area contributed by atoms with Crippen molar-refractivity contribution in [2.75, 3.05) is 0 Å². The Hall–Kier alpha value is -0.480. The zero-order valence-corrected chi connectivity index (χ0v) is 12.8. The first-order valence-corrected chi connectivity index (χ1v) is 7.63. The quantitative estimate of drug-likeness (QED) is 0.784. The van der Waals surface area contributed by atoms with E-state index in [1.54, 1.807) is 17.7 Å². The van der Waals surface area contributed by atoms with Gasteiger partial charge in [0, 0.05) is 21.5 Å². The highest BCUT2D eigenvalue weighted by atomic mass is 79.9. The Balaban J connectivity index is 2.23. The van der Waals surface area contributed by atoms with Crippen LogP contribution >= 0.6 is 27.3 Å². The Morgan fingerprint density at radius 3 is 2.82 bits per heavy atom. The third-order valence-corrected chi connectivity index (χ3v) is 4.33. The fraction of sp³-hybridized carbons (Fsp3) is 0.538. The molecule has 0 saturated heterocycles. The van der Waals surface area contributed by atoms with Crippen LogP contribution in [0.1, 0.15) is 30.8 Å². The van der Waals surface area contributed by atoms with Crippen molar-refractivity contribution in [1.29, 1.82) is 0 Å². The van der Waals surface area contributed by atoms with Crippen molar-refractivity contribution in [2.24, 2.45) is 5.92 Å². The summed E-state index contributed by atoms with van der Waals surface area (Å²) in [6.45, 7) is 6.62. The van der Waals surface area contributed by atoms with E-state index in [2.05, 4.69) is 52.7 Å². The van der Waals surface area contributed by atoms with E-state index in [9.17, 15) is 0 Å². The molecule has 0 radical (unpaired) electrons. The molecule has 0 fully saturated rings. The van der Waals surface area contributed by atoms with Crippen LogP contribution in [0.3, 0.4) is 0 Å². The molecule has 0 saturated carbocycles. The molecular weight excluding hydrogens is 296 g/mol. The molecule has 2 rings (SSSR count). The number of aryl methyl sites for hydroxylation is 1. The lowest BCUT2D eigenvalue weighted by Gasteiger charge is -2.11. The van der Waals surface area contributed by atoms with E-state index < -0.39 is 0 Å². The summed E-state index contributed by atoms with van der Waals surface area (Å²) < 4.78 is 0. The fourth-order valence-electron chi connectivity index (χ4n) is 1.99. The number of aromatic nitrogens is 2. The number of hydrogen-bond donors (Lipinski definition) is 0. The van der Waals surface area contributed by atoms with Gasteiger partial charge >= 0.3 is 0 Å². The summed E-state index contributed by atoms with van der Waals surface area (Å²) >= 11 is 5.49. The summed E-state index contributed by atoms with van der Waals surface area (Å²) in [7, 11) is 0. The molecule has 0 aliphatic carbocycles. The van der Waals surface area contributed by atoms with E-state index in [1.165, 1.54) is 22.4 Å². The van der Waals surface area contributed by atoms with Gasteiger partial charge in [-0.15, -0.1) is 11.3 Å². The second-order valence-corrected chi connectivity index (χ2v) is 7.36. The molecule has 0 N–H and O–H groups in total. The maximum Gasteiger partial charge on any atom is 0.127 e. The Kier molecular flexibility index (Phi) is 4.15. The van der Waals surface area contributed by atoms with Gasteiger partial charge < -0.3 is 0 Å². The van der Waals surface area contributed by atoms with Gasteiger partial charge in [-0.25, -0.2) is 9.97 Å². The van der Waals surface area contributed by atoms with Gasteiger partial charge in [-0.1, -0.05) is 29.8 Å². The minimum atomic E-state index is 0.501. The average Bonchev–Trinajstić information content (AvgIpc) is 2.58. The summed E-state index contributed by atoms with van der Waals surface area (Å²) in [5.41, 5.74) is 1.17. The maximum absolute atomic E-state index is 4.43. The fourth-order valence-corrected chi connectivity index (χ4v) is 3.91. The number of thiophene rings is 1. The van der Waals surface area contributed by atoms with E-state index in [4.69, 9.17) is 0 Å². The molecular formula is C13H17BrN2S. The monoisotopic (exact) mass is 312 g/mol. The highest BCUT2D eigenvalue weighted by molar-refractivity contribution is 9.09. The minimum Gasteiger partial charge on any atom is -0.241 e. The lowest BCUT2D eigenvalue weighted by atomic mass is 10.0. The molecule has 0 aromatic carbocycles. The normalized spacial score (nSPS) is 13.5. The molecule has 0 spiro atoms. The molecule has 1 atom stereocenters. The number of alkyl halides is 1. The van der Waals surface area contributed by atoms with Gasteiger partial charge in [0.2, 0.25) is 0 Å². The van der Waals surface area contributed by atoms with E-state index in [1.807, 2.05) is 0 Å². The highest BCUT2D eigenvalue weighted by Gasteiger charge is 2.12. The Labute approximate surface area is 115 Å². The summed E-state index contributed by atoms with van der Waals surface area (Å²) in [5, 5.41) is 1.23. The largest absolute Gasteiger partial charge is 0.241 e. The predicted molar refractivity (Wildman–Crippen MR) is 78.0 cm³/mol. The molecule has 1 unspecified atom stereocenters. The molecule has 2 heterocycles. The zero-order chi connectivity index (χ0) is 12.4. The first kappa shape index (κ1) is 13.0. The van der Waals surface area contributed by atoms with Crippen LogP contribution in [-0.4, -0.2) is 14.8 Å². The SMILES string of the molecule is Cc1cc2c(CC(Br)CC(C)C)ncnc2s1. The molecule has 2 aromatic rings. The lowest BCUT2D eigenvalue weighted by molar-refractivity contribution is 0.569. The van der Waals surface area contributed by atoms with Crippen molar-refractivity contribution < 1.29 is 0 Å². The van der Waals surface area contributed by atoms with Crippen molar-refractivity contribution >= 4 is 37.5 Å². The van der Waals surface area contributed by atoms with Crippen LogP contribution in [0.25, 0.3) is 10.2 Å². The molecule has 2 aromatic heterocycles. The predicted octanol–water partition coefficient (Wildman–Crippen LogP) is 4.35. The van der Waals surface area contributed by atoms with Gasteiger partial charge in [0.05, 0.1) is 5.69 Å². The van der Waals surface area contributed by atoms with Gasteiger partial charge in [0.25, 0.3) is 0 Å². The molecule has 0 aliphatic rings. The minimum absolute atomic E-state index is 0.501. The Bertz CT molecular complexity index is 507. The van der Waals surface area contributed by atoms with Crippen molar-refractivity contribution in [1.82, 2.24) is 9.97 Å². The van der Waals surface area contributed by atoms with E-state index in [-0.39, 0.29) is 0 Å². The highest BCUT2D eigenvalue weighted by Crippen LogP contribution is 2.27. The molecule has 4 heteroatoms. The Morgan fingerprint density at radius 1 is 1.35 bits per heavy atom. The van der Waals surface area contributed by atoms with Crippen molar-refractivity contribution in [3.63, 3.8) is 0 Å². The van der Waals surface area contributed by atoms with Gasteiger partial charge in [-0.2, -0.15) is 0 Å². The number of nitrogens with zero attached hydrogens (tertiary/aromatic N) is 2. The third kappa shape index (κ3) is 3.26. The molecule has 0 aliphatic heterocycles.